The van der Waals surface area contributed by atoms with E-state index in [-0.39, 0.29) is 5.75 Å². The Hall–Kier alpha value is -3.21. The molecule has 6 nitrogen and oxygen atoms in total. The summed E-state index contributed by atoms with van der Waals surface area (Å²) in [6.07, 6.45) is 3.76. The molecule has 3 aromatic rings. The van der Waals surface area contributed by atoms with E-state index < -0.39 is 9.84 Å². The first-order valence-electron chi connectivity index (χ1n) is 10.6. The van der Waals surface area contributed by atoms with E-state index in [1.165, 1.54) is 17.4 Å². The summed E-state index contributed by atoms with van der Waals surface area (Å²) < 4.78 is 23.0. The van der Waals surface area contributed by atoms with E-state index in [0.29, 0.717) is 12.1 Å². The Bertz CT molecular complexity index is 1280. The normalized spacial score (nSPS) is 13.9. The number of rotatable bonds is 6. The predicted molar refractivity (Wildman–Crippen MR) is 128 cm³/mol. The number of benzene rings is 2. The van der Waals surface area contributed by atoms with Gasteiger partial charge in [-0.1, -0.05) is 18.2 Å². The molecule has 0 saturated heterocycles. The van der Waals surface area contributed by atoms with Crippen LogP contribution in [0.1, 0.15) is 22.3 Å². The molecule has 0 fully saturated rings. The fourth-order valence-electron chi connectivity index (χ4n) is 4.02. The van der Waals surface area contributed by atoms with Gasteiger partial charge in [0.1, 0.15) is 15.9 Å². The standard InChI is InChI=1S/C25H26N4O2S/c1-18-6-8-21(14-23(18)24-9-7-19(15-26)16-27-24)28-25-5-3-4-20-17-29(11-10-22(20)25)12-13-32(2,30)31/h3-9,14,16,28H,10-13,17H2,1-2H3. The van der Waals surface area contributed by atoms with Crippen LogP contribution in [0.2, 0.25) is 0 Å². The highest BCUT2D eigenvalue weighted by molar-refractivity contribution is 7.90. The van der Waals surface area contributed by atoms with Crippen LogP contribution in [0.5, 0.6) is 0 Å². The highest BCUT2D eigenvalue weighted by Crippen LogP contribution is 2.31. The third kappa shape index (κ3) is 5.16. The van der Waals surface area contributed by atoms with Crippen LogP contribution in [0.25, 0.3) is 11.3 Å². The lowest BCUT2D eigenvalue weighted by Gasteiger charge is -2.30. The number of hydrogen-bond acceptors (Lipinski definition) is 6. The molecule has 1 N–H and O–H groups in total. The van der Waals surface area contributed by atoms with E-state index in [0.717, 1.165) is 47.7 Å². The van der Waals surface area contributed by atoms with Gasteiger partial charge in [0, 0.05) is 49.0 Å². The van der Waals surface area contributed by atoms with Crippen molar-refractivity contribution in [3.05, 3.63) is 77.0 Å². The minimum Gasteiger partial charge on any atom is -0.355 e. The van der Waals surface area contributed by atoms with Gasteiger partial charge < -0.3 is 5.32 Å². The van der Waals surface area contributed by atoms with Crippen LogP contribution in [0.4, 0.5) is 11.4 Å². The second kappa shape index (κ2) is 9.11. The second-order valence-corrected chi connectivity index (χ2v) is 10.6. The second-order valence-electron chi connectivity index (χ2n) is 8.30. The Balaban J connectivity index is 1.55. The zero-order valence-electron chi connectivity index (χ0n) is 18.3. The summed E-state index contributed by atoms with van der Waals surface area (Å²) in [7, 11) is -2.96. The van der Waals surface area contributed by atoms with Crippen molar-refractivity contribution >= 4 is 21.2 Å². The lowest BCUT2D eigenvalue weighted by Crippen LogP contribution is -2.34. The first-order chi connectivity index (χ1) is 15.3. The zero-order chi connectivity index (χ0) is 22.7. The van der Waals surface area contributed by atoms with Gasteiger partial charge in [-0.25, -0.2) is 8.42 Å². The zero-order valence-corrected chi connectivity index (χ0v) is 19.1. The van der Waals surface area contributed by atoms with Crippen LogP contribution >= 0.6 is 0 Å². The Morgan fingerprint density at radius 1 is 1.19 bits per heavy atom. The minimum absolute atomic E-state index is 0.190. The van der Waals surface area contributed by atoms with E-state index >= 15 is 0 Å². The molecule has 0 bridgehead atoms. The van der Waals surface area contributed by atoms with Crippen molar-refractivity contribution in [2.75, 3.05) is 30.4 Å². The molecule has 0 unspecified atom stereocenters. The van der Waals surface area contributed by atoms with E-state index in [2.05, 4.69) is 58.5 Å². The van der Waals surface area contributed by atoms with Gasteiger partial charge in [0.2, 0.25) is 0 Å². The smallest absolute Gasteiger partial charge is 0.148 e. The van der Waals surface area contributed by atoms with Gasteiger partial charge >= 0.3 is 0 Å². The van der Waals surface area contributed by atoms with Gasteiger partial charge in [0.25, 0.3) is 0 Å². The third-order valence-corrected chi connectivity index (χ3v) is 6.73. The van der Waals surface area contributed by atoms with Crippen molar-refractivity contribution in [3.8, 4) is 17.3 Å². The number of aromatic nitrogens is 1. The molecule has 0 aliphatic carbocycles. The fourth-order valence-corrected chi connectivity index (χ4v) is 4.61. The summed E-state index contributed by atoms with van der Waals surface area (Å²) in [6, 6.07) is 18.2. The number of hydrogen-bond donors (Lipinski definition) is 1. The van der Waals surface area contributed by atoms with Gasteiger partial charge in [0.05, 0.1) is 17.0 Å². The van der Waals surface area contributed by atoms with Crippen molar-refractivity contribution in [1.82, 2.24) is 9.88 Å². The average Bonchev–Trinajstić information content (AvgIpc) is 2.78. The highest BCUT2D eigenvalue weighted by Gasteiger charge is 2.20. The average molecular weight is 447 g/mol. The van der Waals surface area contributed by atoms with Gasteiger partial charge in [-0.05, 0) is 60.4 Å². The molecule has 0 atom stereocenters. The summed E-state index contributed by atoms with van der Waals surface area (Å²) in [5.74, 6) is 0.190. The van der Waals surface area contributed by atoms with Gasteiger partial charge in [-0.15, -0.1) is 0 Å². The largest absolute Gasteiger partial charge is 0.355 e. The molecular weight excluding hydrogens is 420 g/mol. The Morgan fingerprint density at radius 2 is 2.03 bits per heavy atom. The van der Waals surface area contributed by atoms with Crippen LogP contribution < -0.4 is 5.32 Å². The SMILES string of the molecule is Cc1ccc(Nc2cccc3c2CCN(CCS(C)(=O)=O)C3)cc1-c1ccc(C#N)cn1. The monoisotopic (exact) mass is 446 g/mol. The number of aryl methyl sites for hydroxylation is 1. The van der Waals surface area contributed by atoms with Crippen LogP contribution in [0.3, 0.4) is 0 Å². The fraction of sp³-hybridized carbons (Fsp3) is 0.280. The number of sulfone groups is 1. The molecule has 0 spiro atoms. The molecule has 164 valence electrons. The maximum atomic E-state index is 11.5. The van der Waals surface area contributed by atoms with Crippen LogP contribution in [-0.4, -0.2) is 43.4 Å². The topological polar surface area (TPSA) is 86.1 Å². The Labute approximate surface area is 189 Å². The summed E-state index contributed by atoms with van der Waals surface area (Å²) >= 11 is 0. The molecular formula is C25H26N4O2S. The van der Waals surface area contributed by atoms with Gasteiger partial charge in [0.15, 0.2) is 0 Å². The molecule has 0 radical (unpaired) electrons. The van der Waals surface area contributed by atoms with Crippen molar-refractivity contribution in [2.24, 2.45) is 0 Å². The number of nitriles is 1. The lowest BCUT2D eigenvalue weighted by molar-refractivity contribution is 0.269. The molecule has 1 aromatic heterocycles. The Kier molecular flexibility index (Phi) is 6.26. The van der Waals surface area contributed by atoms with E-state index in [1.807, 2.05) is 12.1 Å². The molecule has 0 saturated carbocycles. The van der Waals surface area contributed by atoms with Gasteiger partial charge in [-0.2, -0.15) is 5.26 Å². The summed E-state index contributed by atoms with van der Waals surface area (Å²) in [4.78, 5) is 6.65. The van der Waals surface area contributed by atoms with Crippen LogP contribution in [0, 0.1) is 18.3 Å². The number of fused-ring (bicyclic) bond motifs is 1. The van der Waals surface area contributed by atoms with Crippen molar-refractivity contribution in [2.45, 2.75) is 19.9 Å². The summed E-state index contributed by atoms with van der Waals surface area (Å²) in [6.45, 7) is 4.22. The molecule has 0 amide bonds. The van der Waals surface area contributed by atoms with E-state index in [9.17, 15) is 8.42 Å². The number of nitrogens with one attached hydrogen (secondary N) is 1. The maximum Gasteiger partial charge on any atom is 0.148 e. The molecule has 4 rings (SSSR count). The molecule has 1 aliphatic heterocycles. The van der Waals surface area contributed by atoms with Crippen LogP contribution in [0.15, 0.2) is 54.7 Å². The quantitative estimate of drug-likeness (QED) is 0.614. The van der Waals surface area contributed by atoms with E-state index in [4.69, 9.17) is 5.26 Å². The van der Waals surface area contributed by atoms with Gasteiger partial charge in [-0.3, -0.25) is 9.88 Å². The summed E-state index contributed by atoms with van der Waals surface area (Å²) in [5, 5.41) is 12.6. The predicted octanol–water partition coefficient (Wildman–Crippen LogP) is 4.08. The maximum absolute atomic E-state index is 11.5. The molecule has 2 heterocycles. The number of anilines is 2. The highest BCUT2D eigenvalue weighted by atomic mass is 32.2. The molecule has 32 heavy (non-hydrogen) atoms. The summed E-state index contributed by atoms with van der Waals surface area (Å²) in [5.41, 5.74) is 8.08. The number of pyridine rings is 1. The molecule has 1 aliphatic rings. The minimum atomic E-state index is -2.96. The van der Waals surface area contributed by atoms with Crippen molar-refractivity contribution < 1.29 is 8.42 Å². The van der Waals surface area contributed by atoms with Crippen LogP contribution in [-0.2, 0) is 22.8 Å². The third-order valence-electron chi connectivity index (χ3n) is 5.81. The molecule has 7 heteroatoms. The van der Waals surface area contributed by atoms with E-state index in [1.54, 1.807) is 12.3 Å². The first-order valence-corrected chi connectivity index (χ1v) is 12.6. The molecule has 2 aromatic carbocycles. The number of nitrogens with zero attached hydrogens (tertiary/aromatic N) is 3. The first kappa shape index (κ1) is 22.0. The Morgan fingerprint density at radius 3 is 2.75 bits per heavy atom. The lowest BCUT2D eigenvalue weighted by atomic mass is 9.97. The van der Waals surface area contributed by atoms with Crippen molar-refractivity contribution in [1.29, 1.82) is 5.26 Å². The van der Waals surface area contributed by atoms with Crippen molar-refractivity contribution in [3.63, 3.8) is 0 Å².